The van der Waals surface area contributed by atoms with Crippen LogP contribution in [0, 0.1) is 0 Å². The smallest absolute Gasteiger partial charge is 0.128 e. The van der Waals surface area contributed by atoms with Gasteiger partial charge >= 0.3 is 0 Å². The Hall–Kier alpha value is -0.870. The molecule has 0 aromatic carbocycles. The van der Waals surface area contributed by atoms with Crippen molar-refractivity contribution >= 4 is 0 Å². The standard InChI is InChI=1S/C13H21N3O/c1-2-11-10(9-17-16-11)8-15-13-5-3-4-12(13)14-7-6-13/h9,12,14-15H,2-8H2,1H3. The molecule has 0 spiro atoms. The molecule has 1 saturated carbocycles. The molecule has 0 bridgehead atoms. The largest absolute Gasteiger partial charge is 0.364 e. The molecular weight excluding hydrogens is 214 g/mol. The molecular formula is C13H21N3O. The van der Waals surface area contributed by atoms with Gasteiger partial charge in [-0.25, -0.2) is 0 Å². The maximum absolute atomic E-state index is 5.06. The average Bonchev–Trinajstić information content (AvgIpc) is 3.00. The van der Waals surface area contributed by atoms with Crippen molar-refractivity contribution in [3.05, 3.63) is 17.5 Å². The van der Waals surface area contributed by atoms with E-state index in [1.54, 1.807) is 6.26 Å². The lowest BCUT2D eigenvalue weighted by atomic mass is 9.93. The lowest BCUT2D eigenvalue weighted by Crippen LogP contribution is -2.49. The number of nitrogens with zero attached hydrogens (tertiary/aromatic N) is 1. The van der Waals surface area contributed by atoms with Gasteiger partial charge in [-0.05, 0) is 38.6 Å². The Labute approximate surface area is 102 Å². The second-order valence-corrected chi connectivity index (χ2v) is 5.30. The van der Waals surface area contributed by atoms with Crippen molar-refractivity contribution in [2.24, 2.45) is 0 Å². The first-order valence-corrected chi connectivity index (χ1v) is 6.74. The summed E-state index contributed by atoms with van der Waals surface area (Å²) in [5.74, 6) is 0. The van der Waals surface area contributed by atoms with Crippen molar-refractivity contribution < 1.29 is 4.52 Å². The topological polar surface area (TPSA) is 50.1 Å². The number of nitrogens with one attached hydrogen (secondary N) is 2. The van der Waals surface area contributed by atoms with Crippen LogP contribution in [0.4, 0.5) is 0 Å². The fourth-order valence-corrected chi connectivity index (χ4v) is 3.43. The molecule has 94 valence electrons. The molecule has 1 aliphatic heterocycles. The Morgan fingerprint density at radius 1 is 1.59 bits per heavy atom. The maximum Gasteiger partial charge on any atom is 0.128 e. The zero-order valence-corrected chi connectivity index (χ0v) is 10.5. The molecule has 1 aromatic heterocycles. The van der Waals surface area contributed by atoms with E-state index in [0.29, 0.717) is 11.6 Å². The zero-order chi connectivity index (χ0) is 11.7. The number of aromatic nitrogens is 1. The molecule has 1 aliphatic carbocycles. The van der Waals surface area contributed by atoms with Gasteiger partial charge in [0.2, 0.25) is 0 Å². The molecule has 2 atom stereocenters. The van der Waals surface area contributed by atoms with Crippen molar-refractivity contribution in [3.8, 4) is 0 Å². The summed E-state index contributed by atoms with van der Waals surface area (Å²) in [7, 11) is 0. The van der Waals surface area contributed by atoms with E-state index in [9.17, 15) is 0 Å². The molecule has 2 fully saturated rings. The van der Waals surface area contributed by atoms with Crippen LogP contribution in [0.25, 0.3) is 0 Å². The summed E-state index contributed by atoms with van der Waals surface area (Å²) >= 11 is 0. The van der Waals surface area contributed by atoms with Crippen molar-refractivity contribution in [2.45, 2.75) is 57.2 Å². The zero-order valence-electron chi connectivity index (χ0n) is 10.5. The summed E-state index contributed by atoms with van der Waals surface area (Å²) in [5.41, 5.74) is 2.65. The summed E-state index contributed by atoms with van der Waals surface area (Å²) < 4.78 is 5.06. The van der Waals surface area contributed by atoms with Gasteiger partial charge in [0.25, 0.3) is 0 Å². The molecule has 0 radical (unpaired) electrons. The average molecular weight is 235 g/mol. The predicted octanol–water partition coefficient (Wildman–Crippen LogP) is 1.61. The second kappa shape index (κ2) is 4.42. The van der Waals surface area contributed by atoms with Crippen molar-refractivity contribution in [1.82, 2.24) is 15.8 Å². The highest BCUT2D eigenvalue weighted by Gasteiger charge is 2.45. The predicted molar refractivity (Wildman–Crippen MR) is 65.7 cm³/mol. The first kappa shape index (κ1) is 11.2. The Morgan fingerprint density at radius 2 is 2.53 bits per heavy atom. The van der Waals surface area contributed by atoms with Gasteiger partial charge in [0.05, 0.1) is 5.69 Å². The monoisotopic (exact) mass is 235 g/mol. The summed E-state index contributed by atoms with van der Waals surface area (Å²) in [4.78, 5) is 0. The molecule has 4 nitrogen and oxygen atoms in total. The summed E-state index contributed by atoms with van der Waals surface area (Å²) in [6, 6.07) is 0.674. The molecule has 3 rings (SSSR count). The number of fused-ring (bicyclic) bond motifs is 1. The Balaban J connectivity index is 1.67. The van der Waals surface area contributed by atoms with E-state index in [2.05, 4.69) is 22.7 Å². The van der Waals surface area contributed by atoms with E-state index in [1.807, 2.05) is 0 Å². The van der Waals surface area contributed by atoms with Crippen LogP contribution in [0.3, 0.4) is 0 Å². The van der Waals surface area contributed by atoms with E-state index < -0.39 is 0 Å². The van der Waals surface area contributed by atoms with E-state index in [1.165, 1.54) is 31.2 Å². The van der Waals surface area contributed by atoms with Gasteiger partial charge in [0.1, 0.15) is 6.26 Å². The van der Waals surface area contributed by atoms with Gasteiger partial charge < -0.3 is 15.2 Å². The highest BCUT2D eigenvalue weighted by atomic mass is 16.5. The third-order valence-corrected chi connectivity index (χ3v) is 4.44. The minimum absolute atomic E-state index is 0.336. The first-order chi connectivity index (χ1) is 8.34. The van der Waals surface area contributed by atoms with Crippen LogP contribution in [0.1, 0.15) is 43.9 Å². The van der Waals surface area contributed by atoms with Gasteiger partial charge in [-0.3, -0.25) is 0 Å². The minimum atomic E-state index is 0.336. The third kappa shape index (κ3) is 1.89. The molecule has 1 aromatic rings. The molecule has 17 heavy (non-hydrogen) atoms. The lowest BCUT2D eigenvalue weighted by Gasteiger charge is -2.30. The first-order valence-electron chi connectivity index (χ1n) is 6.74. The summed E-state index contributed by atoms with van der Waals surface area (Å²) in [5, 5.41) is 11.4. The van der Waals surface area contributed by atoms with E-state index in [-0.39, 0.29) is 0 Å². The number of rotatable bonds is 4. The van der Waals surface area contributed by atoms with Crippen molar-refractivity contribution in [1.29, 1.82) is 0 Å². The van der Waals surface area contributed by atoms with Crippen LogP contribution < -0.4 is 10.6 Å². The SMILES string of the molecule is CCc1nocc1CNC12CCCC1NCC2. The maximum atomic E-state index is 5.06. The fraction of sp³-hybridized carbons (Fsp3) is 0.769. The molecule has 1 saturated heterocycles. The highest BCUT2D eigenvalue weighted by Crippen LogP contribution is 2.36. The minimum Gasteiger partial charge on any atom is -0.364 e. The van der Waals surface area contributed by atoms with Gasteiger partial charge in [0, 0.05) is 23.7 Å². The van der Waals surface area contributed by atoms with E-state index in [0.717, 1.165) is 25.2 Å². The van der Waals surface area contributed by atoms with Gasteiger partial charge in [-0.15, -0.1) is 0 Å². The number of hydrogen-bond donors (Lipinski definition) is 2. The summed E-state index contributed by atoms with van der Waals surface area (Å²) in [6.07, 6.45) is 7.95. The number of hydrogen-bond acceptors (Lipinski definition) is 4. The van der Waals surface area contributed by atoms with Crippen molar-refractivity contribution in [3.63, 3.8) is 0 Å². The van der Waals surface area contributed by atoms with Gasteiger partial charge in [0.15, 0.2) is 0 Å². The Kier molecular flexibility index (Phi) is 2.92. The molecule has 0 amide bonds. The lowest BCUT2D eigenvalue weighted by molar-refractivity contribution is 0.318. The molecule has 2 aliphatic rings. The van der Waals surface area contributed by atoms with Gasteiger partial charge in [-0.1, -0.05) is 12.1 Å². The van der Waals surface area contributed by atoms with Crippen LogP contribution in [-0.4, -0.2) is 23.3 Å². The second-order valence-electron chi connectivity index (χ2n) is 5.30. The molecule has 2 N–H and O–H groups in total. The van der Waals surface area contributed by atoms with E-state index in [4.69, 9.17) is 4.52 Å². The van der Waals surface area contributed by atoms with Crippen LogP contribution in [-0.2, 0) is 13.0 Å². The van der Waals surface area contributed by atoms with Crippen LogP contribution in [0.5, 0.6) is 0 Å². The molecule has 2 unspecified atom stereocenters. The fourth-order valence-electron chi connectivity index (χ4n) is 3.43. The molecule has 4 heteroatoms. The summed E-state index contributed by atoms with van der Waals surface area (Å²) in [6.45, 7) is 4.17. The van der Waals surface area contributed by atoms with Crippen LogP contribution in [0.2, 0.25) is 0 Å². The Bertz CT molecular complexity index is 378. The molecule has 2 heterocycles. The van der Waals surface area contributed by atoms with Crippen LogP contribution in [0.15, 0.2) is 10.8 Å². The quantitative estimate of drug-likeness (QED) is 0.832. The third-order valence-electron chi connectivity index (χ3n) is 4.44. The van der Waals surface area contributed by atoms with Crippen LogP contribution >= 0.6 is 0 Å². The normalized spacial score (nSPS) is 31.9. The number of aryl methyl sites for hydroxylation is 1. The Morgan fingerprint density at radius 3 is 3.41 bits per heavy atom. The van der Waals surface area contributed by atoms with Gasteiger partial charge in [-0.2, -0.15) is 0 Å². The van der Waals surface area contributed by atoms with Crippen molar-refractivity contribution in [2.75, 3.05) is 6.54 Å². The van der Waals surface area contributed by atoms with E-state index >= 15 is 0 Å². The highest BCUT2D eigenvalue weighted by molar-refractivity contribution is 5.16.